The van der Waals surface area contributed by atoms with Crippen LogP contribution in [0.4, 0.5) is 8.78 Å². The highest BCUT2D eigenvalue weighted by molar-refractivity contribution is 8.76. The highest BCUT2D eigenvalue weighted by Crippen LogP contribution is 2.33. The lowest BCUT2D eigenvalue weighted by atomic mass is 10.1. The molecule has 0 N–H and O–H groups in total. The lowest BCUT2D eigenvalue weighted by Crippen LogP contribution is -1.96. The maximum absolute atomic E-state index is 13.9. The van der Waals surface area contributed by atoms with Crippen LogP contribution >= 0.6 is 21.6 Å². The summed E-state index contributed by atoms with van der Waals surface area (Å²) < 4.78 is 27.7. The van der Waals surface area contributed by atoms with Crippen LogP contribution in [0.2, 0.25) is 0 Å². The van der Waals surface area contributed by atoms with Gasteiger partial charge >= 0.3 is 0 Å². The Kier molecular flexibility index (Phi) is 6.40. The van der Waals surface area contributed by atoms with Gasteiger partial charge in [0, 0.05) is 11.5 Å². The Morgan fingerprint density at radius 1 is 0.650 bits per heavy atom. The first-order valence-corrected chi connectivity index (χ1v) is 8.88. The Balaban J connectivity index is 1.69. The fraction of sp³-hybridized carbons (Fsp3) is 0.250. The molecule has 2 atom stereocenters. The average molecular weight is 310 g/mol. The van der Waals surface area contributed by atoms with E-state index in [9.17, 15) is 8.78 Å². The van der Waals surface area contributed by atoms with Crippen molar-refractivity contribution < 1.29 is 8.78 Å². The molecule has 0 heterocycles. The molecule has 0 radical (unpaired) electrons. The van der Waals surface area contributed by atoms with Gasteiger partial charge in [-0.25, -0.2) is 8.78 Å². The van der Waals surface area contributed by atoms with E-state index < -0.39 is 12.3 Å². The minimum absolute atomic E-state index is 0.343. The third-order valence-corrected chi connectivity index (χ3v) is 5.18. The highest BCUT2D eigenvalue weighted by Gasteiger charge is 2.12. The lowest BCUT2D eigenvalue weighted by molar-refractivity contribution is 0.379. The maximum atomic E-state index is 13.9. The van der Waals surface area contributed by atoms with Gasteiger partial charge in [0.2, 0.25) is 0 Å². The van der Waals surface area contributed by atoms with Gasteiger partial charge in [0.05, 0.1) is 0 Å². The third kappa shape index (κ3) is 4.84. The summed E-state index contributed by atoms with van der Waals surface area (Å²) in [6.07, 6.45) is -1.99. The molecule has 0 nitrogen and oxygen atoms in total. The molecular formula is C16H16F2S2. The molecule has 0 aromatic heterocycles. The first-order chi connectivity index (χ1) is 9.77. The third-order valence-electron chi connectivity index (χ3n) is 2.83. The average Bonchev–Trinajstić information content (AvgIpc) is 2.53. The summed E-state index contributed by atoms with van der Waals surface area (Å²) in [6, 6.07) is 18.1. The number of hydrogen-bond donors (Lipinski definition) is 0. The van der Waals surface area contributed by atoms with Crippen LogP contribution < -0.4 is 0 Å². The lowest BCUT2D eigenvalue weighted by Gasteiger charge is -2.09. The number of halogens is 2. The topological polar surface area (TPSA) is 0 Å². The molecule has 0 spiro atoms. The van der Waals surface area contributed by atoms with Crippen molar-refractivity contribution in [1.29, 1.82) is 0 Å². The van der Waals surface area contributed by atoms with E-state index in [1.54, 1.807) is 24.3 Å². The van der Waals surface area contributed by atoms with E-state index in [4.69, 9.17) is 0 Å². The van der Waals surface area contributed by atoms with E-state index in [1.807, 2.05) is 36.4 Å². The summed E-state index contributed by atoms with van der Waals surface area (Å²) in [5.74, 6) is 0.687. The van der Waals surface area contributed by atoms with Crippen LogP contribution in [0.5, 0.6) is 0 Å². The molecule has 2 aromatic carbocycles. The maximum Gasteiger partial charge on any atom is 0.135 e. The summed E-state index contributed by atoms with van der Waals surface area (Å²) >= 11 is 0. The molecule has 0 saturated heterocycles. The van der Waals surface area contributed by atoms with Crippen LogP contribution in [0.3, 0.4) is 0 Å². The molecule has 2 rings (SSSR count). The van der Waals surface area contributed by atoms with Crippen molar-refractivity contribution in [2.24, 2.45) is 0 Å². The van der Waals surface area contributed by atoms with Crippen molar-refractivity contribution in [3.63, 3.8) is 0 Å². The van der Waals surface area contributed by atoms with Crippen molar-refractivity contribution in [2.75, 3.05) is 11.5 Å². The Bertz CT molecular complexity index is 443. The number of benzene rings is 2. The van der Waals surface area contributed by atoms with Crippen molar-refractivity contribution in [3.05, 3.63) is 71.8 Å². The van der Waals surface area contributed by atoms with Gasteiger partial charge in [-0.1, -0.05) is 82.3 Å². The molecular weight excluding hydrogens is 294 g/mol. The molecule has 0 fully saturated rings. The number of hydrogen-bond acceptors (Lipinski definition) is 2. The number of rotatable bonds is 7. The first-order valence-electron chi connectivity index (χ1n) is 6.40. The van der Waals surface area contributed by atoms with Crippen LogP contribution in [0.1, 0.15) is 23.5 Å². The summed E-state index contributed by atoms with van der Waals surface area (Å²) in [4.78, 5) is 0. The van der Waals surface area contributed by atoms with Crippen molar-refractivity contribution in [2.45, 2.75) is 12.3 Å². The van der Waals surface area contributed by atoms with Crippen molar-refractivity contribution in [3.8, 4) is 0 Å². The summed E-state index contributed by atoms with van der Waals surface area (Å²) in [5.41, 5.74) is 1.36. The second-order valence-electron chi connectivity index (χ2n) is 4.33. The number of alkyl halides is 2. The van der Waals surface area contributed by atoms with Crippen LogP contribution in [-0.2, 0) is 0 Å². The van der Waals surface area contributed by atoms with Crippen molar-refractivity contribution >= 4 is 21.6 Å². The molecule has 2 aromatic rings. The van der Waals surface area contributed by atoms with E-state index in [-0.39, 0.29) is 0 Å². The fourth-order valence-corrected chi connectivity index (χ4v) is 3.84. The van der Waals surface area contributed by atoms with Gasteiger partial charge in [-0.05, 0) is 11.1 Å². The molecule has 106 valence electrons. The molecule has 0 aliphatic carbocycles. The molecule has 0 bridgehead atoms. The molecule has 0 aliphatic heterocycles. The van der Waals surface area contributed by atoms with Gasteiger partial charge in [0.1, 0.15) is 12.3 Å². The zero-order valence-electron chi connectivity index (χ0n) is 10.9. The standard InChI is InChI=1S/C16H16F2S2/c17-15(13-7-3-1-4-8-13)11-19-20-12-16(18)14-9-5-2-6-10-14/h1-10,15-16H,11-12H2. The highest BCUT2D eigenvalue weighted by atomic mass is 33.1. The molecule has 0 amide bonds. The smallest absolute Gasteiger partial charge is 0.135 e. The Morgan fingerprint density at radius 2 is 1.00 bits per heavy atom. The largest absolute Gasteiger partial charge is 0.241 e. The summed E-state index contributed by atoms with van der Waals surface area (Å²) in [5, 5.41) is 0. The predicted molar refractivity (Wildman–Crippen MR) is 85.5 cm³/mol. The summed E-state index contributed by atoms with van der Waals surface area (Å²) in [6.45, 7) is 0. The Hall–Kier alpha value is -1.00. The second kappa shape index (κ2) is 8.32. The molecule has 20 heavy (non-hydrogen) atoms. The van der Waals surface area contributed by atoms with E-state index in [0.717, 1.165) is 0 Å². The zero-order chi connectivity index (χ0) is 14.2. The van der Waals surface area contributed by atoms with Gasteiger partial charge in [0.15, 0.2) is 0 Å². The van der Waals surface area contributed by atoms with E-state index in [1.165, 1.54) is 21.6 Å². The quantitative estimate of drug-likeness (QED) is 0.469. The minimum Gasteiger partial charge on any atom is -0.241 e. The minimum atomic E-state index is -0.997. The summed E-state index contributed by atoms with van der Waals surface area (Å²) in [7, 11) is 2.76. The van der Waals surface area contributed by atoms with Gasteiger partial charge in [-0.3, -0.25) is 0 Å². The van der Waals surface area contributed by atoms with Gasteiger partial charge < -0.3 is 0 Å². The predicted octanol–water partition coefficient (Wildman–Crippen LogP) is 5.79. The fourth-order valence-electron chi connectivity index (χ4n) is 1.73. The molecule has 4 heteroatoms. The van der Waals surface area contributed by atoms with Crippen LogP contribution in [-0.4, -0.2) is 11.5 Å². The Labute approximate surface area is 126 Å². The van der Waals surface area contributed by atoms with Gasteiger partial charge in [-0.2, -0.15) is 0 Å². The molecule has 2 unspecified atom stereocenters. The second-order valence-corrected chi connectivity index (χ2v) is 6.88. The van der Waals surface area contributed by atoms with Crippen LogP contribution in [0.15, 0.2) is 60.7 Å². The van der Waals surface area contributed by atoms with Crippen LogP contribution in [0, 0.1) is 0 Å². The van der Waals surface area contributed by atoms with Gasteiger partial charge in [-0.15, -0.1) is 0 Å². The Morgan fingerprint density at radius 3 is 1.35 bits per heavy atom. The monoisotopic (exact) mass is 310 g/mol. The zero-order valence-corrected chi connectivity index (χ0v) is 12.5. The van der Waals surface area contributed by atoms with Gasteiger partial charge in [0.25, 0.3) is 0 Å². The van der Waals surface area contributed by atoms with Crippen LogP contribution in [0.25, 0.3) is 0 Å². The molecule has 0 saturated carbocycles. The van der Waals surface area contributed by atoms with E-state index in [2.05, 4.69) is 0 Å². The van der Waals surface area contributed by atoms with E-state index in [0.29, 0.717) is 22.6 Å². The van der Waals surface area contributed by atoms with E-state index >= 15 is 0 Å². The molecule has 0 aliphatic rings. The first kappa shape index (κ1) is 15.4. The normalized spacial score (nSPS) is 13.9. The SMILES string of the molecule is FC(CSSCC(F)c1ccccc1)c1ccccc1. The van der Waals surface area contributed by atoms with Crippen molar-refractivity contribution in [1.82, 2.24) is 0 Å².